The molecule has 17 heavy (non-hydrogen) atoms. The molecule has 94 valence electrons. The quantitative estimate of drug-likeness (QED) is 0.610. The zero-order valence-corrected chi connectivity index (χ0v) is 9.12. The number of nitro benzene ring substituents is 1. The topological polar surface area (TPSA) is 52.4 Å². The van der Waals surface area contributed by atoms with E-state index in [4.69, 9.17) is 0 Å². The summed E-state index contributed by atoms with van der Waals surface area (Å²) in [6.45, 7) is 2.31. The van der Waals surface area contributed by atoms with E-state index in [1.165, 1.54) is 13.0 Å². The predicted molar refractivity (Wildman–Crippen MR) is 54.0 cm³/mol. The van der Waals surface area contributed by atoms with E-state index in [9.17, 15) is 23.3 Å². The highest BCUT2D eigenvalue weighted by Gasteiger charge is 2.38. The molecular weight excluding hydrogens is 239 g/mol. The van der Waals surface area contributed by atoms with Gasteiger partial charge in [0, 0.05) is 11.6 Å². The minimum atomic E-state index is -4.46. The van der Waals surface area contributed by atoms with Crippen molar-refractivity contribution in [1.29, 1.82) is 0 Å². The van der Waals surface area contributed by atoms with Crippen molar-refractivity contribution in [3.63, 3.8) is 0 Å². The van der Waals surface area contributed by atoms with Crippen molar-refractivity contribution < 1.29 is 22.8 Å². The number of nitrogens with zero attached hydrogens (tertiary/aromatic N) is 1. The molecular formula is C10H10F3NO3. The Kier molecular flexibility index (Phi) is 3.59. The van der Waals surface area contributed by atoms with Crippen LogP contribution in [0.1, 0.15) is 12.5 Å². The molecule has 0 N–H and O–H groups in total. The van der Waals surface area contributed by atoms with Crippen molar-refractivity contribution in [3.8, 4) is 5.75 Å². The van der Waals surface area contributed by atoms with E-state index in [0.29, 0.717) is 0 Å². The number of nitro groups is 1. The van der Waals surface area contributed by atoms with Gasteiger partial charge in [-0.05, 0) is 26.0 Å². The molecule has 0 aromatic heterocycles. The highest BCUT2D eigenvalue weighted by Crippen LogP contribution is 2.28. The third-order valence-corrected chi connectivity index (χ3v) is 2.14. The number of rotatable bonds is 3. The molecule has 0 heterocycles. The summed E-state index contributed by atoms with van der Waals surface area (Å²) in [5, 5.41) is 10.5. The number of ether oxygens (including phenoxy) is 1. The van der Waals surface area contributed by atoms with Crippen LogP contribution in [-0.2, 0) is 0 Å². The van der Waals surface area contributed by atoms with Gasteiger partial charge in [0.15, 0.2) is 6.10 Å². The molecule has 0 amide bonds. The molecule has 0 saturated heterocycles. The second-order valence-corrected chi connectivity index (χ2v) is 3.51. The van der Waals surface area contributed by atoms with Gasteiger partial charge in [-0.25, -0.2) is 0 Å². The van der Waals surface area contributed by atoms with Crippen LogP contribution >= 0.6 is 0 Å². The number of aryl methyl sites for hydroxylation is 1. The summed E-state index contributed by atoms with van der Waals surface area (Å²) in [5.41, 5.74) is 0.0962. The fourth-order valence-corrected chi connectivity index (χ4v) is 1.18. The predicted octanol–water partition coefficient (Wildman–Crippen LogP) is 3.23. The summed E-state index contributed by atoms with van der Waals surface area (Å²) >= 11 is 0. The van der Waals surface area contributed by atoms with E-state index >= 15 is 0 Å². The monoisotopic (exact) mass is 249 g/mol. The van der Waals surface area contributed by atoms with Crippen LogP contribution in [0.15, 0.2) is 18.2 Å². The van der Waals surface area contributed by atoms with Crippen molar-refractivity contribution in [2.45, 2.75) is 26.1 Å². The number of benzene rings is 1. The molecule has 4 nitrogen and oxygen atoms in total. The Bertz CT molecular complexity index is 431. The normalized spacial score (nSPS) is 13.2. The molecule has 0 saturated carbocycles. The van der Waals surface area contributed by atoms with Gasteiger partial charge in [0.2, 0.25) is 0 Å². The van der Waals surface area contributed by atoms with Gasteiger partial charge in [-0.1, -0.05) is 0 Å². The fourth-order valence-electron chi connectivity index (χ4n) is 1.18. The summed E-state index contributed by atoms with van der Waals surface area (Å²) in [6, 6.07) is 3.47. The summed E-state index contributed by atoms with van der Waals surface area (Å²) in [6.07, 6.45) is -6.42. The van der Waals surface area contributed by atoms with E-state index in [0.717, 1.165) is 19.1 Å². The highest BCUT2D eigenvalue weighted by molar-refractivity contribution is 5.44. The maximum absolute atomic E-state index is 12.2. The Labute approximate surface area is 95.2 Å². The molecule has 0 aliphatic carbocycles. The Morgan fingerprint density at radius 3 is 2.41 bits per heavy atom. The van der Waals surface area contributed by atoms with E-state index in [2.05, 4.69) is 4.74 Å². The van der Waals surface area contributed by atoms with Crippen LogP contribution in [-0.4, -0.2) is 17.2 Å². The first-order valence-electron chi connectivity index (χ1n) is 4.70. The second-order valence-electron chi connectivity index (χ2n) is 3.51. The maximum Gasteiger partial charge on any atom is 0.425 e. The van der Waals surface area contributed by atoms with E-state index in [-0.39, 0.29) is 17.0 Å². The average molecular weight is 249 g/mol. The van der Waals surface area contributed by atoms with Gasteiger partial charge in [-0.2, -0.15) is 13.2 Å². The SMILES string of the molecule is Cc1cc(OC(C)C(F)(F)F)ccc1[N+](=O)[O-]. The third kappa shape index (κ3) is 3.33. The third-order valence-electron chi connectivity index (χ3n) is 2.14. The van der Waals surface area contributed by atoms with Gasteiger partial charge in [0.25, 0.3) is 5.69 Å². The van der Waals surface area contributed by atoms with Crippen LogP contribution < -0.4 is 4.74 Å². The smallest absolute Gasteiger partial charge is 0.425 e. The lowest BCUT2D eigenvalue weighted by Crippen LogP contribution is -2.31. The molecule has 0 aliphatic rings. The van der Waals surface area contributed by atoms with E-state index < -0.39 is 17.2 Å². The number of hydrogen-bond donors (Lipinski definition) is 0. The molecule has 0 aliphatic heterocycles. The maximum atomic E-state index is 12.2. The van der Waals surface area contributed by atoms with Crippen molar-refractivity contribution >= 4 is 5.69 Å². The molecule has 0 bridgehead atoms. The summed E-state index contributed by atoms with van der Waals surface area (Å²) in [5.74, 6) is -0.0436. The van der Waals surface area contributed by atoms with Gasteiger partial charge in [-0.3, -0.25) is 10.1 Å². The molecule has 0 radical (unpaired) electrons. The van der Waals surface area contributed by atoms with Crippen LogP contribution in [0, 0.1) is 17.0 Å². The van der Waals surface area contributed by atoms with Gasteiger partial charge >= 0.3 is 6.18 Å². The molecule has 1 rings (SSSR count). The zero-order chi connectivity index (χ0) is 13.2. The molecule has 1 aromatic carbocycles. The van der Waals surface area contributed by atoms with Crippen LogP contribution in [0.4, 0.5) is 18.9 Å². The molecule has 1 unspecified atom stereocenters. The highest BCUT2D eigenvalue weighted by atomic mass is 19.4. The first kappa shape index (κ1) is 13.3. The standard InChI is InChI=1S/C10H10F3NO3/c1-6-5-8(3-4-9(6)14(15)16)17-7(2)10(11,12)13/h3-5,7H,1-2H3. The van der Waals surface area contributed by atoms with E-state index in [1.807, 2.05) is 0 Å². The summed E-state index contributed by atoms with van der Waals surface area (Å²) in [7, 11) is 0. The lowest BCUT2D eigenvalue weighted by atomic mass is 10.2. The lowest BCUT2D eigenvalue weighted by molar-refractivity contribution is -0.385. The van der Waals surface area contributed by atoms with Gasteiger partial charge < -0.3 is 4.74 Å². The Morgan fingerprint density at radius 2 is 2.00 bits per heavy atom. The lowest BCUT2D eigenvalue weighted by Gasteiger charge is -2.17. The fraction of sp³-hybridized carbons (Fsp3) is 0.400. The molecule has 7 heteroatoms. The Balaban J connectivity index is 2.88. The van der Waals surface area contributed by atoms with Crippen LogP contribution in [0.25, 0.3) is 0 Å². The minimum Gasteiger partial charge on any atom is -0.481 e. The van der Waals surface area contributed by atoms with Gasteiger partial charge in [0.05, 0.1) is 4.92 Å². The summed E-state index contributed by atoms with van der Waals surface area (Å²) < 4.78 is 41.3. The Hall–Kier alpha value is -1.79. The number of alkyl halides is 3. The first-order valence-corrected chi connectivity index (χ1v) is 4.70. The van der Waals surface area contributed by atoms with Gasteiger partial charge in [0.1, 0.15) is 5.75 Å². The summed E-state index contributed by atoms with van der Waals surface area (Å²) in [4.78, 5) is 9.89. The number of hydrogen-bond acceptors (Lipinski definition) is 3. The average Bonchev–Trinajstić information content (AvgIpc) is 2.15. The Morgan fingerprint density at radius 1 is 1.41 bits per heavy atom. The van der Waals surface area contributed by atoms with Crippen molar-refractivity contribution in [2.75, 3.05) is 0 Å². The van der Waals surface area contributed by atoms with Crippen molar-refractivity contribution in [1.82, 2.24) is 0 Å². The van der Waals surface area contributed by atoms with Crippen molar-refractivity contribution in [2.24, 2.45) is 0 Å². The van der Waals surface area contributed by atoms with E-state index in [1.54, 1.807) is 0 Å². The van der Waals surface area contributed by atoms with Crippen LogP contribution in [0.2, 0.25) is 0 Å². The molecule has 1 aromatic rings. The molecule has 1 atom stereocenters. The molecule has 0 fully saturated rings. The minimum absolute atomic E-state index is 0.0436. The number of halogens is 3. The first-order chi connectivity index (χ1) is 7.71. The second kappa shape index (κ2) is 4.60. The largest absolute Gasteiger partial charge is 0.481 e. The van der Waals surface area contributed by atoms with Gasteiger partial charge in [-0.15, -0.1) is 0 Å². The zero-order valence-electron chi connectivity index (χ0n) is 9.12. The molecule has 0 spiro atoms. The van der Waals surface area contributed by atoms with Crippen LogP contribution in [0.3, 0.4) is 0 Å². The van der Waals surface area contributed by atoms with Crippen LogP contribution in [0.5, 0.6) is 5.75 Å². The van der Waals surface area contributed by atoms with Crippen molar-refractivity contribution in [3.05, 3.63) is 33.9 Å².